The molecule has 2 aromatic rings. The SMILES string of the molecule is COc1ccc(N(C(C)=O)c2ccc([O-])c(=O)cc2)cc1.[Na+]. The Hall–Kier alpha value is -1.82. The van der Waals surface area contributed by atoms with Crippen LogP contribution in [0.5, 0.6) is 11.5 Å². The van der Waals surface area contributed by atoms with E-state index in [9.17, 15) is 14.7 Å². The second-order valence-electron chi connectivity index (χ2n) is 4.37. The van der Waals surface area contributed by atoms with E-state index in [-0.39, 0.29) is 35.5 Å². The molecule has 0 aliphatic heterocycles. The smallest absolute Gasteiger partial charge is 0.870 e. The van der Waals surface area contributed by atoms with E-state index in [0.717, 1.165) is 12.1 Å². The second-order valence-corrected chi connectivity index (χ2v) is 4.37. The van der Waals surface area contributed by atoms with Crippen molar-refractivity contribution in [2.45, 2.75) is 6.92 Å². The van der Waals surface area contributed by atoms with E-state index in [1.54, 1.807) is 31.4 Å². The molecule has 5 nitrogen and oxygen atoms in total. The van der Waals surface area contributed by atoms with Crippen LogP contribution in [-0.4, -0.2) is 13.0 Å². The van der Waals surface area contributed by atoms with Crippen molar-refractivity contribution in [3.05, 3.63) is 58.8 Å². The number of methoxy groups -OCH3 is 1. The predicted octanol–water partition coefficient (Wildman–Crippen LogP) is -1.18. The number of carbonyl (C=O) groups excluding carboxylic acids is 1. The van der Waals surface area contributed by atoms with Crippen LogP contribution in [0.3, 0.4) is 0 Å². The molecule has 0 unspecified atom stereocenters. The van der Waals surface area contributed by atoms with Crippen molar-refractivity contribution in [2.75, 3.05) is 12.0 Å². The topological polar surface area (TPSA) is 69.7 Å². The number of amides is 1. The molecule has 108 valence electrons. The minimum absolute atomic E-state index is 0. The van der Waals surface area contributed by atoms with Gasteiger partial charge in [-0.2, -0.15) is 0 Å². The summed E-state index contributed by atoms with van der Waals surface area (Å²) in [5.41, 5.74) is 0.459. The van der Waals surface area contributed by atoms with Gasteiger partial charge in [0, 0.05) is 18.3 Å². The standard InChI is InChI=1S/C16H15NO4.Na/c1-11(18)17(12-3-7-14(21-2)8-4-12)13-5-9-15(19)16(20)10-6-13;/h3-10H,1-2H3,(H,19,20);/q;+1/p-1. The zero-order valence-electron chi connectivity index (χ0n) is 12.7. The van der Waals surface area contributed by atoms with Crippen LogP contribution in [0, 0.1) is 0 Å². The first-order valence-corrected chi connectivity index (χ1v) is 6.29. The van der Waals surface area contributed by atoms with Crippen LogP contribution in [-0.2, 0) is 4.79 Å². The quantitative estimate of drug-likeness (QED) is 0.669. The minimum atomic E-state index is -0.612. The second kappa shape index (κ2) is 7.98. The molecule has 0 N–H and O–H groups in total. The summed E-state index contributed by atoms with van der Waals surface area (Å²) in [7, 11) is 1.56. The first-order valence-electron chi connectivity index (χ1n) is 6.29. The van der Waals surface area contributed by atoms with Crippen molar-refractivity contribution in [3.63, 3.8) is 0 Å². The third-order valence-corrected chi connectivity index (χ3v) is 2.96. The van der Waals surface area contributed by atoms with Gasteiger partial charge in [0.1, 0.15) is 5.75 Å². The van der Waals surface area contributed by atoms with E-state index in [1.165, 1.54) is 24.0 Å². The summed E-state index contributed by atoms with van der Waals surface area (Å²) in [6.45, 7) is 1.41. The van der Waals surface area contributed by atoms with Crippen LogP contribution < -0.4 is 49.7 Å². The van der Waals surface area contributed by atoms with E-state index < -0.39 is 11.2 Å². The molecule has 0 saturated heterocycles. The molecule has 0 bridgehead atoms. The molecule has 0 aliphatic rings. The Morgan fingerprint density at radius 2 is 1.50 bits per heavy atom. The zero-order valence-corrected chi connectivity index (χ0v) is 14.7. The van der Waals surface area contributed by atoms with Gasteiger partial charge in [0.2, 0.25) is 5.91 Å². The predicted molar refractivity (Wildman–Crippen MR) is 78.0 cm³/mol. The van der Waals surface area contributed by atoms with Crippen LogP contribution in [0.4, 0.5) is 11.4 Å². The van der Waals surface area contributed by atoms with Crippen LogP contribution >= 0.6 is 0 Å². The van der Waals surface area contributed by atoms with E-state index in [2.05, 4.69) is 0 Å². The van der Waals surface area contributed by atoms with Crippen molar-refractivity contribution in [1.82, 2.24) is 0 Å². The number of benzene rings is 1. The average Bonchev–Trinajstić information content (AvgIpc) is 2.64. The van der Waals surface area contributed by atoms with Gasteiger partial charge in [-0.1, -0.05) is 11.8 Å². The third-order valence-electron chi connectivity index (χ3n) is 2.96. The van der Waals surface area contributed by atoms with Gasteiger partial charge < -0.3 is 9.84 Å². The number of hydrogen-bond acceptors (Lipinski definition) is 4. The number of rotatable bonds is 3. The number of hydrogen-bond donors (Lipinski definition) is 0. The van der Waals surface area contributed by atoms with Crippen molar-refractivity contribution >= 4 is 17.3 Å². The van der Waals surface area contributed by atoms with E-state index in [0.29, 0.717) is 17.1 Å². The Labute approximate surface area is 150 Å². The van der Waals surface area contributed by atoms with Crippen LogP contribution in [0.15, 0.2) is 53.3 Å². The molecule has 2 aromatic carbocycles. The van der Waals surface area contributed by atoms with Crippen LogP contribution in [0.2, 0.25) is 0 Å². The molecule has 0 atom stereocenters. The fourth-order valence-corrected chi connectivity index (χ4v) is 1.94. The van der Waals surface area contributed by atoms with E-state index in [4.69, 9.17) is 4.74 Å². The maximum atomic E-state index is 11.9. The van der Waals surface area contributed by atoms with Crippen LogP contribution in [0.25, 0.3) is 0 Å². The first-order chi connectivity index (χ1) is 10.0. The summed E-state index contributed by atoms with van der Waals surface area (Å²) >= 11 is 0. The fourth-order valence-electron chi connectivity index (χ4n) is 1.94. The van der Waals surface area contributed by atoms with E-state index >= 15 is 0 Å². The largest absolute Gasteiger partial charge is 1.00 e. The van der Waals surface area contributed by atoms with Gasteiger partial charge in [-0.15, -0.1) is 0 Å². The molecular formula is C16H14NNaO4. The molecule has 2 rings (SSSR count). The first kappa shape index (κ1) is 18.2. The van der Waals surface area contributed by atoms with Crippen LogP contribution in [0.1, 0.15) is 6.92 Å². The summed E-state index contributed by atoms with van der Waals surface area (Å²) in [5, 5.41) is 11.4. The maximum Gasteiger partial charge on any atom is 1.00 e. The van der Waals surface area contributed by atoms with Gasteiger partial charge in [0.25, 0.3) is 0 Å². The van der Waals surface area contributed by atoms with Gasteiger partial charge in [0.15, 0.2) is 5.43 Å². The minimum Gasteiger partial charge on any atom is -0.870 e. The number of anilines is 2. The molecular weight excluding hydrogens is 293 g/mol. The Kier molecular flexibility index (Phi) is 6.61. The average molecular weight is 307 g/mol. The van der Waals surface area contributed by atoms with Gasteiger partial charge in [-0.05, 0) is 42.5 Å². The molecule has 22 heavy (non-hydrogen) atoms. The molecule has 0 heterocycles. The molecule has 1 amide bonds. The molecule has 0 radical (unpaired) electrons. The number of nitrogens with zero attached hydrogens (tertiary/aromatic N) is 1. The van der Waals surface area contributed by atoms with Crippen molar-refractivity contribution < 1.29 is 44.2 Å². The number of carbonyl (C=O) groups is 1. The van der Waals surface area contributed by atoms with Gasteiger partial charge in [0.05, 0.1) is 7.11 Å². The summed E-state index contributed by atoms with van der Waals surface area (Å²) in [5.74, 6) is -0.171. The summed E-state index contributed by atoms with van der Waals surface area (Å²) in [6.07, 6.45) is 0. The molecule has 0 saturated carbocycles. The molecule has 0 fully saturated rings. The van der Waals surface area contributed by atoms with Gasteiger partial charge >= 0.3 is 29.6 Å². The van der Waals surface area contributed by atoms with Gasteiger partial charge in [-0.25, -0.2) is 0 Å². The maximum absolute atomic E-state index is 11.9. The summed E-state index contributed by atoms with van der Waals surface area (Å²) in [6, 6.07) is 12.1. The Balaban J connectivity index is 0.00000242. The molecule has 6 heteroatoms. The Bertz CT molecular complexity index is 716. The van der Waals surface area contributed by atoms with E-state index in [1.807, 2.05) is 0 Å². The van der Waals surface area contributed by atoms with Gasteiger partial charge in [-0.3, -0.25) is 14.5 Å². The fraction of sp³-hybridized carbons (Fsp3) is 0.125. The summed E-state index contributed by atoms with van der Waals surface area (Å²) < 4.78 is 5.08. The molecule has 0 spiro atoms. The van der Waals surface area contributed by atoms with Crippen molar-refractivity contribution in [2.24, 2.45) is 0 Å². The molecule has 0 aliphatic carbocycles. The van der Waals surface area contributed by atoms with Crippen molar-refractivity contribution in [3.8, 4) is 11.5 Å². The normalized spacial score (nSPS) is 9.55. The Morgan fingerprint density at radius 3 is 2.00 bits per heavy atom. The monoisotopic (exact) mass is 307 g/mol. The Morgan fingerprint density at radius 1 is 1.00 bits per heavy atom. The molecule has 0 aromatic heterocycles. The number of ether oxygens (including phenoxy) is 1. The van der Waals surface area contributed by atoms with Crippen molar-refractivity contribution in [1.29, 1.82) is 0 Å². The summed E-state index contributed by atoms with van der Waals surface area (Å²) in [4.78, 5) is 24.7. The third kappa shape index (κ3) is 4.10. The zero-order chi connectivity index (χ0) is 15.4.